The number of nitrogens with zero attached hydrogens (tertiary/aromatic N) is 2. The van der Waals surface area contributed by atoms with Crippen LogP contribution < -0.4 is 5.32 Å². The summed E-state index contributed by atoms with van der Waals surface area (Å²) in [5, 5.41) is 3.07. The fraction of sp³-hybridized carbons (Fsp3) is 0.684. The molecule has 1 aliphatic carbocycles. The van der Waals surface area contributed by atoms with Crippen molar-refractivity contribution in [2.24, 2.45) is 11.8 Å². The molecular formula is C19H29N3O3S. The molecule has 26 heavy (non-hydrogen) atoms. The highest BCUT2D eigenvalue weighted by molar-refractivity contribution is 7.89. The van der Waals surface area contributed by atoms with E-state index < -0.39 is 10.0 Å². The number of carbonyl (C=O) groups is 1. The van der Waals surface area contributed by atoms with Gasteiger partial charge in [-0.15, -0.1) is 0 Å². The first-order valence-corrected chi connectivity index (χ1v) is 11.2. The standard InChI is InChI=1S/C19H29N3O3S/c23-19(21-12-8-16-5-2-1-3-6-16)17-9-13-22(14-10-17)26(24,25)18-7-4-11-20-15-18/h4,7,11,15-17H,1-3,5-6,8-10,12-14H2,(H,21,23). The summed E-state index contributed by atoms with van der Waals surface area (Å²) in [6.45, 7) is 1.52. The summed E-state index contributed by atoms with van der Waals surface area (Å²) < 4.78 is 26.7. The van der Waals surface area contributed by atoms with Crippen LogP contribution in [0.4, 0.5) is 0 Å². The number of hydrogen-bond acceptors (Lipinski definition) is 4. The predicted octanol–water partition coefficient (Wildman–Crippen LogP) is 2.57. The molecule has 1 aromatic heterocycles. The molecule has 0 atom stereocenters. The van der Waals surface area contributed by atoms with Crippen LogP contribution in [0, 0.1) is 11.8 Å². The fourth-order valence-electron chi connectivity index (χ4n) is 4.03. The number of amides is 1. The SMILES string of the molecule is O=C(NCCC1CCCCC1)C1CCN(S(=O)(=O)c2cccnc2)CC1. The number of pyridine rings is 1. The summed E-state index contributed by atoms with van der Waals surface area (Å²) in [4.78, 5) is 16.5. The molecule has 6 nitrogen and oxygen atoms in total. The summed E-state index contributed by atoms with van der Waals surface area (Å²) in [7, 11) is -3.50. The molecule has 0 unspecified atom stereocenters. The maximum atomic E-state index is 12.6. The van der Waals surface area contributed by atoms with E-state index in [9.17, 15) is 13.2 Å². The first kappa shape index (κ1) is 19.3. The van der Waals surface area contributed by atoms with Gasteiger partial charge < -0.3 is 5.32 Å². The molecule has 2 aliphatic rings. The highest BCUT2D eigenvalue weighted by Gasteiger charge is 2.32. The molecule has 0 radical (unpaired) electrons. The Labute approximate surface area is 156 Å². The summed E-state index contributed by atoms with van der Waals surface area (Å²) in [5.41, 5.74) is 0. The lowest BCUT2D eigenvalue weighted by Gasteiger charge is -2.30. The van der Waals surface area contributed by atoms with Crippen molar-refractivity contribution in [3.8, 4) is 0 Å². The lowest BCUT2D eigenvalue weighted by molar-refractivity contribution is -0.126. The second-order valence-electron chi connectivity index (χ2n) is 7.45. The van der Waals surface area contributed by atoms with E-state index in [1.165, 1.54) is 42.6 Å². The third-order valence-corrected chi connectivity index (χ3v) is 7.56. The van der Waals surface area contributed by atoms with Gasteiger partial charge in [-0.25, -0.2) is 8.42 Å². The van der Waals surface area contributed by atoms with Gasteiger partial charge in [-0.2, -0.15) is 4.31 Å². The van der Waals surface area contributed by atoms with Gasteiger partial charge in [0.2, 0.25) is 15.9 Å². The molecule has 0 spiro atoms. The molecule has 1 saturated carbocycles. The van der Waals surface area contributed by atoms with Crippen LogP contribution in [0.5, 0.6) is 0 Å². The topological polar surface area (TPSA) is 79.4 Å². The molecule has 1 amide bonds. The van der Waals surface area contributed by atoms with Crippen molar-refractivity contribution in [3.05, 3.63) is 24.5 Å². The Morgan fingerprint density at radius 3 is 2.54 bits per heavy atom. The summed E-state index contributed by atoms with van der Waals surface area (Å²) in [6.07, 6.45) is 11.7. The monoisotopic (exact) mass is 379 g/mol. The van der Waals surface area contributed by atoms with Crippen molar-refractivity contribution in [3.63, 3.8) is 0 Å². The number of aromatic nitrogens is 1. The van der Waals surface area contributed by atoms with Crippen LogP contribution in [-0.2, 0) is 14.8 Å². The summed E-state index contributed by atoms with van der Waals surface area (Å²) in [5.74, 6) is 0.761. The van der Waals surface area contributed by atoms with Gasteiger partial charge in [-0.1, -0.05) is 32.1 Å². The molecule has 2 fully saturated rings. The van der Waals surface area contributed by atoms with Gasteiger partial charge in [0.25, 0.3) is 0 Å². The molecule has 1 saturated heterocycles. The van der Waals surface area contributed by atoms with Gasteiger partial charge in [0.05, 0.1) is 0 Å². The number of nitrogens with one attached hydrogen (secondary N) is 1. The first-order valence-electron chi connectivity index (χ1n) is 9.75. The van der Waals surface area contributed by atoms with E-state index in [-0.39, 0.29) is 16.7 Å². The molecule has 1 aromatic rings. The van der Waals surface area contributed by atoms with E-state index in [1.807, 2.05) is 0 Å². The van der Waals surface area contributed by atoms with Crippen molar-refractivity contribution in [1.29, 1.82) is 0 Å². The Bertz CT molecular complexity index is 679. The van der Waals surface area contributed by atoms with E-state index in [2.05, 4.69) is 10.3 Å². The molecule has 2 heterocycles. The molecular weight excluding hydrogens is 350 g/mol. The second-order valence-corrected chi connectivity index (χ2v) is 9.39. The number of sulfonamides is 1. The van der Waals surface area contributed by atoms with Crippen molar-refractivity contribution in [2.75, 3.05) is 19.6 Å². The number of hydrogen-bond donors (Lipinski definition) is 1. The zero-order valence-electron chi connectivity index (χ0n) is 15.3. The summed E-state index contributed by atoms with van der Waals surface area (Å²) >= 11 is 0. The lowest BCUT2D eigenvalue weighted by Crippen LogP contribution is -2.43. The van der Waals surface area contributed by atoms with Crippen LogP contribution in [-0.4, -0.2) is 43.2 Å². The molecule has 0 aromatic carbocycles. The maximum Gasteiger partial charge on any atom is 0.244 e. The van der Waals surface area contributed by atoms with Crippen molar-refractivity contribution in [1.82, 2.24) is 14.6 Å². The van der Waals surface area contributed by atoms with E-state index >= 15 is 0 Å². The Morgan fingerprint density at radius 2 is 1.88 bits per heavy atom. The Balaban J connectivity index is 1.43. The average molecular weight is 380 g/mol. The van der Waals surface area contributed by atoms with Crippen LogP contribution in [0.15, 0.2) is 29.4 Å². The molecule has 144 valence electrons. The van der Waals surface area contributed by atoms with Gasteiger partial charge in [0.15, 0.2) is 0 Å². The van der Waals surface area contributed by atoms with Gasteiger partial charge in [-0.3, -0.25) is 9.78 Å². The molecule has 1 aliphatic heterocycles. The fourth-order valence-corrected chi connectivity index (χ4v) is 5.46. The zero-order valence-corrected chi connectivity index (χ0v) is 16.1. The van der Waals surface area contributed by atoms with Gasteiger partial charge in [0, 0.05) is 37.9 Å². The van der Waals surface area contributed by atoms with E-state index in [1.54, 1.807) is 18.3 Å². The number of carbonyl (C=O) groups excluding carboxylic acids is 1. The highest BCUT2D eigenvalue weighted by atomic mass is 32.2. The smallest absolute Gasteiger partial charge is 0.244 e. The van der Waals surface area contributed by atoms with Crippen LogP contribution in [0.3, 0.4) is 0 Å². The van der Waals surface area contributed by atoms with Crippen molar-refractivity contribution >= 4 is 15.9 Å². The minimum atomic E-state index is -3.50. The lowest BCUT2D eigenvalue weighted by atomic mass is 9.87. The van der Waals surface area contributed by atoms with Gasteiger partial charge >= 0.3 is 0 Å². The second kappa shape index (κ2) is 8.95. The number of piperidine rings is 1. The third kappa shape index (κ3) is 4.82. The van der Waals surface area contributed by atoms with Crippen LogP contribution in [0.1, 0.15) is 51.4 Å². The van der Waals surface area contributed by atoms with Crippen molar-refractivity contribution in [2.45, 2.75) is 56.3 Å². The minimum absolute atomic E-state index is 0.0818. The van der Waals surface area contributed by atoms with Crippen LogP contribution in [0.2, 0.25) is 0 Å². The minimum Gasteiger partial charge on any atom is -0.356 e. The summed E-state index contributed by atoms with van der Waals surface area (Å²) in [6, 6.07) is 3.19. The average Bonchev–Trinajstić information content (AvgIpc) is 2.69. The van der Waals surface area contributed by atoms with Gasteiger partial charge in [-0.05, 0) is 37.3 Å². The molecule has 7 heteroatoms. The molecule has 1 N–H and O–H groups in total. The Kier molecular flexibility index (Phi) is 6.64. The highest BCUT2D eigenvalue weighted by Crippen LogP contribution is 2.26. The normalized spacial score (nSPS) is 20.8. The predicted molar refractivity (Wildman–Crippen MR) is 99.9 cm³/mol. The molecule has 0 bridgehead atoms. The van der Waals surface area contributed by atoms with E-state index in [4.69, 9.17) is 0 Å². The maximum absolute atomic E-state index is 12.6. The van der Waals surface area contributed by atoms with Crippen LogP contribution in [0.25, 0.3) is 0 Å². The number of rotatable bonds is 6. The largest absolute Gasteiger partial charge is 0.356 e. The first-order chi connectivity index (χ1) is 12.6. The Morgan fingerprint density at radius 1 is 1.15 bits per heavy atom. The van der Waals surface area contributed by atoms with E-state index in [0.29, 0.717) is 25.9 Å². The Hall–Kier alpha value is -1.47. The van der Waals surface area contributed by atoms with Gasteiger partial charge in [0.1, 0.15) is 4.90 Å². The van der Waals surface area contributed by atoms with E-state index in [0.717, 1.165) is 18.9 Å². The quantitative estimate of drug-likeness (QED) is 0.824. The molecule has 3 rings (SSSR count). The third-order valence-electron chi connectivity index (χ3n) is 5.67. The van der Waals surface area contributed by atoms with Crippen molar-refractivity contribution < 1.29 is 13.2 Å². The van der Waals surface area contributed by atoms with Crippen LogP contribution >= 0.6 is 0 Å². The zero-order chi connectivity index (χ0) is 18.4.